The van der Waals surface area contributed by atoms with Crippen LogP contribution in [0, 0.1) is 0 Å². The van der Waals surface area contributed by atoms with E-state index in [0.29, 0.717) is 0 Å². The third-order valence-electron chi connectivity index (χ3n) is 9.66. The molecule has 8 rings (SSSR count). The first-order valence-electron chi connectivity index (χ1n) is 17.0. The van der Waals surface area contributed by atoms with Crippen LogP contribution in [0.25, 0.3) is 44.5 Å². The van der Waals surface area contributed by atoms with Gasteiger partial charge in [0.2, 0.25) is 0 Å². The van der Waals surface area contributed by atoms with Gasteiger partial charge in [-0.25, -0.2) is 0 Å². The Morgan fingerprint density at radius 1 is 0.184 bits per heavy atom. The van der Waals surface area contributed by atoms with Crippen molar-refractivity contribution in [3.63, 3.8) is 0 Å². The third-order valence-corrected chi connectivity index (χ3v) is 9.66. The fraction of sp³-hybridized carbons (Fsp3) is 0.0204. The lowest BCUT2D eigenvalue weighted by molar-refractivity contribution is 0.753. The van der Waals surface area contributed by atoms with Gasteiger partial charge in [-0.3, -0.25) is 0 Å². The lowest BCUT2D eigenvalue weighted by Crippen LogP contribution is -2.34. The van der Waals surface area contributed by atoms with Gasteiger partial charge in [-0.05, 0) is 66.8 Å². The zero-order chi connectivity index (χ0) is 32.9. The van der Waals surface area contributed by atoms with E-state index < -0.39 is 5.41 Å². The summed E-state index contributed by atoms with van der Waals surface area (Å²) in [5.74, 6) is 0. The lowest BCUT2D eigenvalue weighted by Gasteiger charge is -2.42. The standard InChI is InChI=1S/C49H36/c1-5-21-37(22-6-1)41-29-13-17-33-45(41)49(46-34-18-14-30-42(46)38-23-7-2-8-24-38,47-35-19-15-31-43(47)39-25-9-3-10-26-39)48-36-20-16-32-44(48)40-27-11-4-12-28-40/h1-36H. The van der Waals surface area contributed by atoms with Crippen molar-refractivity contribution >= 4 is 0 Å². The summed E-state index contributed by atoms with van der Waals surface area (Å²) in [6.45, 7) is 0. The largest absolute Gasteiger partial charge is 0.0725 e. The Hall–Kier alpha value is -6.24. The molecule has 0 aliphatic carbocycles. The van der Waals surface area contributed by atoms with Crippen LogP contribution < -0.4 is 0 Å². The van der Waals surface area contributed by atoms with Gasteiger partial charge >= 0.3 is 0 Å². The van der Waals surface area contributed by atoms with Crippen molar-refractivity contribution in [3.8, 4) is 44.5 Å². The van der Waals surface area contributed by atoms with E-state index in [0.717, 1.165) is 0 Å². The molecule has 8 aromatic rings. The fourth-order valence-corrected chi connectivity index (χ4v) is 7.59. The van der Waals surface area contributed by atoms with Crippen LogP contribution in [-0.4, -0.2) is 0 Å². The van der Waals surface area contributed by atoms with Crippen molar-refractivity contribution in [2.24, 2.45) is 0 Å². The molecule has 232 valence electrons. The summed E-state index contributed by atoms with van der Waals surface area (Å²) in [6, 6.07) is 79.5. The molecule has 0 amide bonds. The van der Waals surface area contributed by atoms with Gasteiger partial charge in [0.15, 0.2) is 0 Å². The quantitative estimate of drug-likeness (QED) is 0.148. The highest BCUT2D eigenvalue weighted by Gasteiger charge is 2.44. The van der Waals surface area contributed by atoms with E-state index in [9.17, 15) is 0 Å². The first kappa shape index (κ1) is 30.1. The summed E-state index contributed by atoms with van der Waals surface area (Å²) >= 11 is 0. The molecule has 0 saturated carbocycles. The minimum Gasteiger partial charge on any atom is -0.0622 e. The molecule has 0 bridgehead atoms. The number of benzene rings is 8. The molecular formula is C49H36. The van der Waals surface area contributed by atoms with Crippen LogP contribution in [0.1, 0.15) is 22.3 Å². The van der Waals surface area contributed by atoms with Gasteiger partial charge in [0.05, 0.1) is 5.41 Å². The summed E-state index contributed by atoms with van der Waals surface area (Å²) in [5.41, 5.74) is 13.8. The van der Waals surface area contributed by atoms with Crippen LogP contribution in [0.4, 0.5) is 0 Å². The average Bonchev–Trinajstić information content (AvgIpc) is 3.20. The summed E-state index contributed by atoms with van der Waals surface area (Å²) in [5, 5.41) is 0. The molecule has 0 nitrogen and oxygen atoms in total. The van der Waals surface area contributed by atoms with Crippen molar-refractivity contribution in [1.82, 2.24) is 0 Å². The van der Waals surface area contributed by atoms with Crippen molar-refractivity contribution in [2.45, 2.75) is 5.41 Å². The molecule has 0 unspecified atom stereocenters. The summed E-state index contributed by atoms with van der Waals surface area (Å²) in [4.78, 5) is 0. The molecule has 0 atom stereocenters. The van der Waals surface area contributed by atoms with E-state index in [1.807, 2.05) is 0 Å². The Bertz CT molecular complexity index is 1970. The molecule has 8 aromatic carbocycles. The van der Waals surface area contributed by atoms with Crippen molar-refractivity contribution in [3.05, 3.63) is 241 Å². The SMILES string of the molecule is c1ccc(-c2ccccc2C(c2ccccc2-c2ccccc2)(c2ccccc2-c2ccccc2)c2ccccc2-c2ccccc2)cc1. The molecule has 0 N–H and O–H groups in total. The normalized spacial score (nSPS) is 11.3. The van der Waals surface area contributed by atoms with Crippen LogP contribution in [0.2, 0.25) is 0 Å². The molecule has 0 heteroatoms. The molecular weight excluding hydrogens is 589 g/mol. The van der Waals surface area contributed by atoms with E-state index in [-0.39, 0.29) is 0 Å². The van der Waals surface area contributed by atoms with Gasteiger partial charge in [-0.1, -0.05) is 218 Å². The smallest absolute Gasteiger partial charge is 0.0622 e. The van der Waals surface area contributed by atoms with Crippen LogP contribution in [0.3, 0.4) is 0 Å². The van der Waals surface area contributed by atoms with Gasteiger partial charge in [0.25, 0.3) is 0 Å². The molecule has 0 aromatic heterocycles. The molecule has 0 fully saturated rings. The Morgan fingerprint density at radius 2 is 0.367 bits per heavy atom. The van der Waals surface area contributed by atoms with E-state index in [4.69, 9.17) is 0 Å². The van der Waals surface area contributed by atoms with Gasteiger partial charge in [0, 0.05) is 0 Å². The highest BCUT2D eigenvalue weighted by Crippen LogP contribution is 2.55. The van der Waals surface area contributed by atoms with E-state index in [1.165, 1.54) is 66.8 Å². The Balaban J connectivity index is 1.63. The van der Waals surface area contributed by atoms with Gasteiger partial charge < -0.3 is 0 Å². The molecule has 0 saturated heterocycles. The topological polar surface area (TPSA) is 0 Å². The number of hydrogen-bond acceptors (Lipinski definition) is 0. The van der Waals surface area contributed by atoms with Gasteiger partial charge in [-0.2, -0.15) is 0 Å². The summed E-state index contributed by atoms with van der Waals surface area (Å²) in [6.07, 6.45) is 0. The fourth-order valence-electron chi connectivity index (χ4n) is 7.59. The maximum Gasteiger partial charge on any atom is 0.0725 e. The molecule has 0 heterocycles. The highest BCUT2D eigenvalue weighted by atomic mass is 14.4. The predicted molar refractivity (Wildman–Crippen MR) is 206 cm³/mol. The second-order valence-electron chi connectivity index (χ2n) is 12.4. The number of rotatable bonds is 8. The third kappa shape index (κ3) is 5.48. The monoisotopic (exact) mass is 624 g/mol. The molecule has 0 aliphatic heterocycles. The maximum atomic E-state index is 2.35. The van der Waals surface area contributed by atoms with E-state index >= 15 is 0 Å². The number of hydrogen-bond donors (Lipinski definition) is 0. The van der Waals surface area contributed by atoms with E-state index in [1.54, 1.807) is 0 Å². The van der Waals surface area contributed by atoms with Crippen LogP contribution in [0.5, 0.6) is 0 Å². The zero-order valence-corrected chi connectivity index (χ0v) is 27.3. The van der Waals surface area contributed by atoms with E-state index in [2.05, 4.69) is 218 Å². The summed E-state index contributed by atoms with van der Waals surface area (Å²) in [7, 11) is 0. The maximum absolute atomic E-state index is 2.35. The molecule has 49 heavy (non-hydrogen) atoms. The second-order valence-corrected chi connectivity index (χ2v) is 12.4. The second kappa shape index (κ2) is 13.5. The highest BCUT2D eigenvalue weighted by molar-refractivity contribution is 5.86. The Kier molecular flexibility index (Phi) is 8.28. The minimum absolute atomic E-state index is 0.752. The minimum atomic E-state index is -0.752. The first-order chi connectivity index (χ1) is 24.4. The van der Waals surface area contributed by atoms with Crippen molar-refractivity contribution < 1.29 is 0 Å². The molecule has 0 radical (unpaired) electrons. The average molecular weight is 625 g/mol. The molecule has 0 spiro atoms. The summed E-state index contributed by atoms with van der Waals surface area (Å²) < 4.78 is 0. The first-order valence-corrected chi connectivity index (χ1v) is 17.0. The molecule has 0 aliphatic rings. The Morgan fingerprint density at radius 3 is 0.592 bits per heavy atom. The lowest BCUT2D eigenvalue weighted by atomic mass is 9.59. The predicted octanol–water partition coefficient (Wildman–Crippen LogP) is 12.7. The van der Waals surface area contributed by atoms with Gasteiger partial charge in [0.1, 0.15) is 0 Å². The van der Waals surface area contributed by atoms with Gasteiger partial charge in [-0.15, -0.1) is 0 Å². The van der Waals surface area contributed by atoms with Crippen molar-refractivity contribution in [2.75, 3.05) is 0 Å². The van der Waals surface area contributed by atoms with Crippen LogP contribution in [-0.2, 0) is 5.41 Å². The van der Waals surface area contributed by atoms with Crippen LogP contribution in [0.15, 0.2) is 218 Å². The Labute approximate surface area is 289 Å². The van der Waals surface area contributed by atoms with Crippen LogP contribution >= 0.6 is 0 Å². The zero-order valence-electron chi connectivity index (χ0n) is 27.3. The van der Waals surface area contributed by atoms with Crippen molar-refractivity contribution in [1.29, 1.82) is 0 Å².